The molecular weight excluding hydrogens is 219 g/mol. The van der Waals surface area contributed by atoms with Crippen LogP contribution < -0.4 is 0 Å². The number of likely N-dealkylation sites (N-methyl/N-ethyl adjacent to an activating group) is 1. The molecule has 0 heterocycles. The summed E-state index contributed by atoms with van der Waals surface area (Å²) in [5.74, 6) is 0.573. The van der Waals surface area contributed by atoms with Crippen molar-refractivity contribution in [3.05, 3.63) is 0 Å². The molecule has 1 rings (SSSR count). The number of hydrogen-bond acceptors (Lipinski definition) is 2. The van der Waals surface area contributed by atoms with Gasteiger partial charge in [-0.3, -0.25) is 0 Å². The van der Waals surface area contributed by atoms with Crippen molar-refractivity contribution in [3.8, 4) is 0 Å². The van der Waals surface area contributed by atoms with Crippen molar-refractivity contribution in [2.24, 2.45) is 5.92 Å². The highest BCUT2D eigenvalue weighted by atomic mass is 19.4. The van der Waals surface area contributed by atoms with Crippen LogP contribution in [0.3, 0.4) is 0 Å². The van der Waals surface area contributed by atoms with Crippen molar-refractivity contribution >= 4 is 0 Å². The largest absolute Gasteiger partial charge is 0.415 e. The summed E-state index contributed by atoms with van der Waals surface area (Å²) >= 11 is 0. The summed E-state index contributed by atoms with van der Waals surface area (Å²) in [6.07, 6.45) is -2.64. The van der Waals surface area contributed by atoms with E-state index in [1.165, 1.54) is 0 Å². The Hall–Kier alpha value is -0.290. The van der Waals surface area contributed by atoms with Crippen LogP contribution in [-0.2, 0) is 0 Å². The van der Waals surface area contributed by atoms with Crippen LogP contribution in [0, 0.1) is 5.92 Å². The summed E-state index contributed by atoms with van der Waals surface area (Å²) in [6.45, 7) is 1.81. The molecule has 0 saturated heterocycles. The molecule has 96 valence electrons. The van der Waals surface area contributed by atoms with Gasteiger partial charge in [0.05, 0.1) is 0 Å². The van der Waals surface area contributed by atoms with E-state index >= 15 is 0 Å². The van der Waals surface area contributed by atoms with Crippen molar-refractivity contribution < 1.29 is 18.3 Å². The van der Waals surface area contributed by atoms with Gasteiger partial charge >= 0.3 is 6.18 Å². The molecule has 1 aliphatic carbocycles. The van der Waals surface area contributed by atoms with E-state index in [1.54, 1.807) is 11.9 Å². The van der Waals surface area contributed by atoms with Gasteiger partial charge in [0.25, 0.3) is 0 Å². The Morgan fingerprint density at radius 2 is 2.00 bits per heavy atom. The third-order valence-corrected chi connectivity index (χ3v) is 3.37. The first-order chi connectivity index (χ1) is 7.30. The van der Waals surface area contributed by atoms with Crippen molar-refractivity contribution in [1.82, 2.24) is 4.90 Å². The molecule has 0 bridgehead atoms. The molecule has 0 aliphatic heterocycles. The van der Waals surface area contributed by atoms with E-state index in [-0.39, 0.29) is 12.6 Å². The molecule has 1 aliphatic rings. The molecular formula is C11H20F3NO. The molecule has 16 heavy (non-hydrogen) atoms. The van der Waals surface area contributed by atoms with Crippen molar-refractivity contribution in [2.45, 2.75) is 50.9 Å². The lowest BCUT2D eigenvalue weighted by molar-refractivity contribution is -0.208. The first-order valence-electron chi connectivity index (χ1n) is 5.75. The van der Waals surface area contributed by atoms with E-state index in [1.807, 2.05) is 0 Å². The van der Waals surface area contributed by atoms with Gasteiger partial charge in [0.1, 0.15) is 0 Å². The van der Waals surface area contributed by atoms with Gasteiger partial charge in [-0.1, -0.05) is 19.8 Å². The Kier molecular flexibility index (Phi) is 4.62. The van der Waals surface area contributed by atoms with Crippen LogP contribution in [-0.4, -0.2) is 41.9 Å². The topological polar surface area (TPSA) is 23.5 Å². The lowest BCUT2D eigenvalue weighted by Gasteiger charge is -2.35. The minimum Gasteiger partial charge on any atom is -0.382 e. The maximum Gasteiger partial charge on any atom is 0.415 e. The maximum atomic E-state index is 12.2. The quantitative estimate of drug-likeness (QED) is 0.817. The predicted octanol–water partition coefficient (Wildman–Crippen LogP) is 2.42. The van der Waals surface area contributed by atoms with E-state index in [0.29, 0.717) is 5.92 Å². The van der Waals surface area contributed by atoms with Crippen LogP contribution >= 0.6 is 0 Å². The molecule has 1 N–H and O–H groups in total. The van der Waals surface area contributed by atoms with Gasteiger partial charge in [-0.25, -0.2) is 0 Å². The summed E-state index contributed by atoms with van der Waals surface area (Å²) in [4.78, 5) is 1.65. The Balaban J connectivity index is 2.42. The van der Waals surface area contributed by atoms with E-state index in [0.717, 1.165) is 25.7 Å². The van der Waals surface area contributed by atoms with E-state index < -0.39 is 12.3 Å². The van der Waals surface area contributed by atoms with Gasteiger partial charge < -0.3 is 10.0 Å². The molecule has 0 amide bonds. The van der Waals surface area contributed by atoms with Crippen LogP contribution in [0.5, 0.6) is 0 Å². The number of nitrogens with zero attached hydrogens (tertiary/aromatic N) is 1. The third-order valence-electron chi connectivity index (χ3n) is 3.37. The SMILES string of the molecule is CC1CCCC(N(C)CC(O)C(F)(F)F)C1. The first-order valence-corrected chi connectivity index (χ1v) is 5.75. The normalized spacial score (nSPS) is 29.4. The highest BCUT2D eigenvalue weighted by Gasteiger charge is 2.39. The minimum atomic E-state index is -4.51. The average Bonchev–Trinajstić information content (AvgIpc) is 2.16. The molecule has 3 unspecified atom stereocenters. The Labute approximate surface area is 94.4 Å². The molecule has 3 atom stereocenters. The number of aliphatic hydroxyl groups excluding tert-OH is 1. The molecule has 0 aromatic carbocycles. The second kappa shape index (κ2) is 5.36. The van der Waals surface area contributed by atoms with Crippen molar-refractivity contribution in [2.75, 3.05) is 13.6 Å². The lowest BCUT2D eigenvalue weighted by atomic mass is 9.86. The van der Waals surface area contributed by atoms with Gasteiger partial charge in [0, 0.05) is 12.6 Å². The number of rotatable bonds is 3. The van der Waals surface area contributed by atoms with Crippen LogP contribution in [0.15, 0.2) is 0 Å². The van der Waals surface area contributed by atoms with Gasteiger partial charge in [-0.2, -0.15) is 13.2 Å². The van der Waals surface area contributed by atoms with Gasteiger partial charge in [0.15, 0.2) is 6.10 Å². The Morgan fingerprint density at radius 3 is 2.50 bits per heavy atom. The molecule has 1 fully saturated rings. The highest BCUT2D eigenvalue weighted by Crippen LogP contribution is 2.28. The fourth-order valence-corrected chi connectivity index (χ4v) is 2.33. The Bertz CT molecular complexity index is 220. The minimum absolute atomic E-state index is 0.181. The Morgan fingerprint density at radius 1 is 1.38 bits per heavy atom. The number of alkyl halides is 3. The van der Waals surface area contributed by atoms with Gasteiger partial charge in [-0.05, 0) is 25.8 Å². The van der Waals surface area contributed by atoms with Crippen molar-refractivity contribution in [1.29, 1.82) is 0 Å². The van der Waals surface area contributed by atoms with E-state index in [9.17, 15) is 13.2 Å². The standard InChI is InChI=1S/C11H20F3NO/c1-8-4-3-5-9(6-8)15(2)7-10(16)11(12,13)14/h8-10,16H,3-7H2,1-2H3. The lowest BCUT2D eigenvalue weighted by Crippen LogP contribution is -2.44. The summed E-state index contributed by atoms with van der Waals surface area (Å²) in [5.41, 5.74) is 0. The number of aliphatic hydroxyl groups is 1. The molecule has 2 nitrogen and oxygen atoms in total. The predicted molar refractivity (Wildman–Crippen MR) is 56.1 cm³/mol. The molecule has 0 spiro atoms. The zero-order chi connectivity index (χ0) is 12.3. The third kappa shape index (κ3) is 3.94. The molecule has 1 saturated carbocycles. The monoisotopic (exact) mass is 239 g/mol. The second-order valence-electron chi connectivity index (χ2n) is 4.92. The molecule has 0 aromatic rings. The maximum absolute atomic E-state index is 12.2. The van der Waals surface area contributed by atoms with Crippen LogP contribution in [0.2, 0.25) is 0 Å². The summed E-state index contributed by atoms with van der Waals surface area (Å²) in [7, 11) is 1.66. The zero-order valence-corrected chi connectivity index (χ0v) is 9.80. The summed E-state index contributed by atoms with van der Waals surface area (Å²) in [6, 6.07) is 0.181. The van der Waals surface area contributed by atoms with Gasteiger partial charge in [0.2, 0.25) is 0 Å². The smallest absolute Gasteiger partial charge is 0.382 e. The average molecular weight is 239 g/mol. The number of hydrogen-bond donors (Lipinski definition) is 1. The van der Waals surface area contributed by atoms with E-state index in [2.05, 4.69) is 6.92 Å². The van der Waals surface area contributed by atoms with Crippen LogP contribution in [0.1, 0.15) is 32.6 Å². The van der Waals surface area contributed by atoms with Crippen molar-refractivity contribution in [3.63, 3.8) is 0 Å². The highest BCUT2D eigenvalue weighted by molar-refractivity contribution is 4.79. The van der Waals surface area contributed by atoms with Crippen LogP contribution in [0.25, 0.3) is 0 Å². The first kappa shape index (κ1) is 13.8. The van der Waals surface area contributed by atoms with E-state index in [4.69, 9.17) is 5.11 Å². The fourth-order valence-electron chi connectivity index (χ4n) is 2.33. The van der Waals surface area contributed by atoms with Gasteiger partial charge in [-0.15, -0.1) is 0 Å². The molecule has 0 radical (unpaired) electrons. The zero-order valence-electron chi connectivity index (χ0n) is 9.80. The fraction of sp³-hybridized carbons (Fsp3) is 1.00. The second-order valence-corrected chi connectivity index (χ2v) is 4.92. The van der Waals surface area contributed by atoms with Crippen LogP contribution in [0.4, 0.5) is 13.2 Å². The molecule has 0 aromatic heterocycles. The number of halogens is 3. The summed E-state index contributed by atoms with van der Waals surface area (Å²) < 4.78 is 36.5. The molecule has 5 heteroatoms. The summed E-state index contributed by atoms with van der Waals surface area (Å²) in [5, 5.41) is 8.99.